The lowest BCUT2D eigenvalue weighted by Crippen LogP contribution is -2.10. The molecule has 1 aromatic rings. The summed E-state index contributed by atoms with van der Waals surface area (Å²) in [6, 6.07) is 5.44. The van der Waals surface area contributed by atoms with Crippen molar-refractivity contribution in [3.63, 3.8) is 0 Å². The Morgan fingerprint density at radius 3 is 2.73 bits per heavy atom. The maximum absolute atomic E-state index is 11.2. The van der Waals surface area contributed by atoms with E-state index in [0.29, 0.717) is 11.4 Å². The van der Waals surface area contributed by atoms with Crippen LogP contribution in [0.2, 0.25) is 0 Å². The van der Waals surface area contributed by atoms with Crippen molar-refractivity contribution in [2.24, 2.45) is 4.99 Å². The molecule has 4 nitrogen and oxygen atoms in total. The molecule has 1 amide bonds. The molecule has 0 N–H and O–H groups in total. The van der Waals surface area contributed by atoms with Gasteiger partial charge in [-0.1, -0.05) is 6.07 Å². The lowest BCUT2D eigenvalue weighted by molar-refractivity contribution is 0.126. The molecular weight excluding hydrogens is 192 g/mol. The summed E-state index contributed by atoms with van der Waals surface area (Å²) in [5.41, 5.74) is 1.24. The van der Waals surface area contributed by atoms with Gasteiger partial charge in [-0.05, 0) is 32.9 Å². The van der Waals surface area contributed by atoms with E-state index in [1.807, 2.05) is 12.1 Å². The predicted octanol–water partition coefficient (Wildman–Crippen LogP) is 2.44. The SMILES string of the molecule is C/C(=N/C(=O)OC(C)C)c1ccccn1. The molecule has 0 bridgehead atoms. The minimum atomic E-state index is -0.576. The molecule has 15 heavy (non-hydrogen) atoms. The minimum absolute atomic E-state index is 0.155. The molecule has 0 atom stereocenters. The van der Waals surface area contributed by atoms with Gasteiger partial charge in [-0.25, -0.2) is 4.79 Å². The Hall–Kier alpha value is -1.71. The largest absolute Gasteiger partial charge is 0.445 e. The van der Waals surface area contributed by atoms with Gasteiger partial charge >= 0.3 is 6.09 Å². The molecule has 1 heterocycles. The molecule has 4 heteroatoms. The Morgan fingerprint density at radius 1 is 1.47 bits per heavy atom. The van der Waals surface area contributed by atoms with Crippen LogP contribution in [-0.4, -0.2) is 22.9 Å². The first-order valence-corrected chi connectivity index (χ1v) is 4.77. The minimum Gasteiger partial charge on any atom is -0.445 e. The molecule has 1 aromatic heterocycles. The smallest absolute Gasteiger partial charge is 0.434 e. The number of nitrogens with zero attached hydrogens (tertiary/aromatic N) is 2. The maximum atomic E-state index is 11.2. The third-order valence-electron chi connectivity index (χ3n) is 1.63. The lowest BCUT2D eigenvalue weighted by Gasteiger charge is -2.04. The highest BCUT2D eigenvalue weighted by Gasteiger charge is 2.05. The Morgan fingerprint density at radius 2 is 2.20 bits per heavy atom. The Kier molecular flexibility index (Phi) is 3.97. The highest BCUT2D eigenvalue weighted by atomic mass is 16.6. The zero-order valence-corrected chi connectivity index (χ0v) is 9.10. The number of carbonyl (C=O) groups excluding carboxylic acids is 1. The van der Waals surface area contributed by atoms with Crippen molar-refractivity contribution in [3.05, 3.63) is 30.1 Å². The van der Waals surface area contributed by atoms with Gasteiger partial charge in [0.25, 0.3) is 0 Å². The van der Waals surface area contributed by atoms with Crippen molar-refractivity contribution in [1.82, 2.24) is 4.98 Å². The van der Waals surface area contributed by atoms with Crippen molar-refractivity contribution in [1.29, 1.82) is 0 Å². The monoisotopic (exact) mass is 206 g/mol. The van der Waals surface area contributed by atoms with E-state index in [-0.39, 0.29) is 6.10 Å². The number of aromatic nitrogens is 1. The fourth-order valence-corrected chi connectivity index (χ4v) is 0.999. The summed E-state index contributed by atoms with van der Waals surface area (Å²) >= 11 is 0. The van der Waals surface area contributed by atoms with Crippen LogP contribution in [0.15, 0.2) is 29.4 Å². The van der Waals surface area contributed by atoms with Gasteiger partial charge in [-0.3, -0.25) is 4.98 Å². The van der Waals surface area contributed by atoms with Crippen LogP contribution in [0.4, 0.5) is 4.79 Å². The molecule has 0 radical (unpaired) electrons. The number of ether oxygens (including phenoxy) is 1. The zero-order valence-electron chi connectivity index (χ0n) is 9.10. The predicted molar refractivity (Wildman–Crippen MR) is 58.1 cm³/mol. The van der Waals surface area contributed by atoms with E-state index in [0.717, 1.165) is 0 Å². The highest BCUT2D eigenvalue weighted by Crippen LogP contribution is 1.99. The summed E-state index contributed by atoms with van der Waals surface area (Å²) in [6.07, 6.45) is 0.924. The van der Waals surface area contributed by atoms with Crippen molar-refractivity contribution in [2.75, 3.05) is 0 Å². The van der Waals surface area contributed by atoms with Gasteiger partial charge in [0.2, 0.25) is 0 Å². The third kappa shape index (κ3) is 3.89. The van der Waals surface area contributed by atoms with E-state index in [2.05, 4.69) is 9.98 Å². The van der Waals surface area contributed by atoms with Gasteiger partial charge in [0, 0.05) is 6.20 Å². The van der Waals surface area contributed by atoms with E-state index < -0.39 is 6.09 Å². The first-order valence-electron chi connectivity index (χ1n) is 4.77. The summed E-state index contributed by atoms with van der Waals surface area (Å²) in [5, 5.41) is 0. The third-order valence-corrected chi connectivity index (χ3v) is 1.63. The van der Waals surface area contributed by atoms with Crippen molar-refractivity contribution in [2.45, 2.75) is 26.9 Å². The van der Waals surface area contributed by atoms with Gasteiger partial charge in [-0.15, -0.1) is 0 Å². The standard InChI is InChI=1S/C11H14N2O2/c1-8(2)15-11(14)13-9(3)10-6-4-5-7-12-10/h4-8H,1-3H3/b13-9-. The molecular formula is C11H14N2O2. The molecule has 0 spiro atoms. The molecule has 0 fully saturated rings. The van der Waals surface area contributed by atoms with Crippen LogP contribution in [0.1, 0.15) is 26.5 Å². The number of hydrogen-bond acceptors (Lipinski definition) is 3. The topological polar surface area (TPSA) is 51.5 Å². The van der Waals surface area contributed by atoms with Crippen LogP contribution >= 0.6 is 0 Å². The summed E-state index contributed by atoms with van der Waals surface area (Å²) in [6.45, 7) is 5.29. The lowest BCUT2D eigenvalue weighted by atomic mass is 10.2. The van der Waals surface area contributed by atoms with Gasteiger partial charge in [0.1, 0.15) is 0 Å². The van der Waals surface area contributed by atoms with E-state index in [9.17, 15) is 4.79 Å². The number of carbonyl (C=O) groups is 1. The van der Waals surface area contributed by atoms with Crippen LogP contribution in [-0.2, 0) is 4.74 Å². The molecule has 0 aromatic carbocycles. The first kappa shape index (κ1) is 11.4. The maximum Gasteiger partial charge on any atom is 0.434 e. The average molecular weight is 206 g/mol. The molecule has 0 saturated heterocycles. The number of rotatable bonds is 2. The van der Waals surface area contributed by atoms with E-state index in [1.165, 1.54) is 0 Å². The van der Waals surface area contributed by atoms with Crippen molar-refractivity contribution in [3.8, 4) is 0 Å². The van der Waals surface area contributed by atoms with Crippen LogP contribution in [0.25, 0.3) is 0 Å². The summed E-state index contributed by atoms with van der Waals surface area (Å²) < 4.78 is 4.89. The van der Waals surface area contributed by atoms with Crippen LogP contribution in [0.3, 0.4) is 0 Å². The van der Waals surface area contributed by atoms with E-state index in [4.69, 9.17) is 4.74 Å². The van der Waals surface area contributed by atoms with Gasteiger partial charge in [0.05, 0.1) is 17.5 Å². The fraction of sp³-hybridized carbons (Fsp3) is 0.364. The number of amides is 1. The highest BCUT2D eigenvalue weighted by molar-refractivity contribution is 6.02. The van der Waals surface area contributed by atoms with Crippen molar-refractivity contribution >= 4 is 11.8 Å². The van der Waals surface area contributed by atoms with Crippen molar-refractivity contribution < 1.29 is 9.53 Å². The normalized spacial score (nSPS) is 11.6. The molecule has 0 saturated carbocycles. The molecule has 0 unspecified atom stereocenters. The van der Waals surface area contributed by atoms with Gasteiger partial charge in [-0.2, -0.15) is 4.99 Å². The summed E-state index contributed by atoms with van der Waals surface area (Å²) in [4.78, 5) is 19.1. The Bertz CT molecular complexity index is 358. The Balaban J connectivity index is 2.72. The van der Waals surface area contributed by atoms with Crippen LogP contribution in [0, 0.1) is 0 Å². The first-order chi connectivity index (χ1) is 7.09. The number of pyridine rings is 1. The van der Waals surface area contributed by atoms with Gasteiger partial charge in [0.15, 0.2) is 0 Å². The van der Waals surface area contributed by atoms with Gasteiger partial charge < -0.3 is 4.74 Å². The fourth-order valence-electron chi connectivity index (χ4n) is 0.999. The molecule has 0 aliphatic carbocycles. The zero-order chi connectivity index (χ0) is 11.3. The summed E-state index contributed by atoms with van der Waals surface area (Å²) in [7, 11) is 0. The van der Waals surface area contributed by atoms with Crippen LogP contribution in [0.5, 0.6) is 0 Å². The molecule has 1 rings (SSSR count). The second kappa shape index (κ2) is 5.24. The average Bonchev–Trinajstić information content (AvgIpc) is 2.17. The molecule has 0 aliphatic rings. The summed E-state index contributed by atoms with van der Waals surface area (Å²) in [5.74, 6) is 0. The van der Waals surface area contributed by atoms with Crippen LogP contribution < -0.4 is 0 Å². The van der Waals surface area contributed by atoms with E-state index >= 15 is 0 Å². The molecule has 80 valence electrons. The quantitative estimate of drug-likeness (QED) is 0.698. The molecule has 0 aliphatic heterocycles. The Labute approximate surface area is 89.0 Å². The second-order valence-corrected chi connectivity index (χ2v) is 3.34. The van der Waals surface area contributed by atoms with E-state index in [1.54, 1.807) is 33.0 Å². The number of aliphatic imine (C=N–C) groups is 1. The number of hydrogen-bond donors (Lipinski definition) is 0. The second-order valence-electron chi connectivity index (χ2n) is 3.34.